The van der Waals surface area contributed by atoms with Gasteiger partial charge in [0.2, 0.25) is 0 Å². The summed E-state index contributed by atoms with van der Waals surface area (Å²) < 4.78 is 15.5. The van der Waals surface area contributed by atoms with E-state index in [4.69, 9.17) is 20.6 Å². The zero-order valence-corrected chi connectivity index (χ0v) is 11.7. The van der Waals surface area contributed by atoms with Crippen LogP contribution in [-0.2, 0) is 14.2 Å². The molecule has 0 rings (SSSR count). The highest BCUT2D eigenvalue weighted by Crippen LogP contribution is 2.08. The number of carbonyl (C=O) groups excluding carboxylic acids is 1. The van der Waals surface area contributed by atoms with Crippen molar-refractivity contribution < 1.29 is 19.0 Å². The summed E-state index contributed by atoms with van der Waals surface area (Å²) >= 11 is 0. The molecule has 1 amide bonds. The van der Waals surface area contributed by atoms with Gasteiger partial charge in [0.1, 0.15) is 12.2 Å². The van der Waals surface area contributed by atoms with Gasteiger partial charge in [-0.15, -0.1) is 6.42 Å². The van der Waals surface area contributed by atoms with Crippen LogP contribution in [0.25, 0.3) is 0 Å². The van der Waals surface area contributed by atoms with Gasteiger partial charge in [-0.3, -0.25) is 0 Å². The number of nitrogens with zero attached hydrogens (tertiary/aromatic N) is 1. The van der Waals surface area contributed by atoms with Gasteiger partial charge in [-0.2, -0.15) is 0 Å². The minimum Gasteiger partial charge on any atom is -0.444 e. The van der Waals surface area contributed by atoms with E-state index >= 15 is 0 Å². The Morgan fingerprint density at radius 2 is 1.83 bits per heavy atom. The Morgan fingerprint density at radius 1 is 1.22 bits per heavy atom. The van der Waals surface area contributed by atoms with Crippen molar-refractivity contribution in [1.82, 2.24) is 4.90 Å². The molecular weight excluding hydrogens is 234 g/mol. The van der Waals surface area contributed by atoms with Gasteiger partial charge in [-0.25, -0.2) is 4.79 Å². The van der Waals surface area contributed by atoms with Crippen LogP contribution >= 0.6 is 0 Å². The highest BCUT2D eigenvalue weighted by molar-refractivity contribution is 5.67. The number of likely N-dealkylation sites (N-methyl/N-ethyl adjacent to an activating group) is 1. The van der Waals surface area contributed by atoms with Gasteiger partial charge in [0.15, 0.2) is 0 Å². The van der Waals surface area contributed by atoms with Crippen LogP contribution in [0.3, 0.4) is 0 Å². The van der Waals surface area contributed by atoms with Gasteiger partial charge >= 0.3 is 6.09 Å². The van der Waals surface area contributed by atoms with E-state index in [2.05, 4.69) is 5.92 Å². The summed E-state index contributed by atoms with van der Waals surface area (Å²) in [6, 6.07) is 0. The molecule has 0 aliphatic rings. The first-order chi connectivity index (χ1) is 8.37. The van der Waals surface area contributed by atoms with E-state index in [1.54, 1.807) is 7.05 Å². The molecule has 5 nitrogen and oxygen atoms in total. The van der Waals surface area contributed by atoms with E-state index in [9.17, 15) is 4.79 Å². The third kappa shape index (κ3) is 9.94. The smallest absolute Gasteiger partial charge is 0.410 e. The molecule has 0 fully saturated rings. The predicted octanol–water partition coefficient (Wildman–Crippen LogP) is 1.52. The topological polar surface area (TPSA) is 48.0 Å². The number of terminal acetylenes is 1. The van der Waals surface area contributed by atoms with Crippen molar-refractivity contribution >= 4 is 6.09 Å². The maximum atomic E-state index is 11.6. The Hall–Kier alpha value is -1.25. The van der Waals surface area contributed by atoms with Crippen LogP contribution in [0, 0.1) is 12.3 Å². The van der Waals surface area contributed by atoms with Crippen molar-refractivity contribution in [3.8, 4) is 12.3 Å². The van der Waals surface area contributed by atoms with Crippen molar-refractivity contribution in [2.24, 2.45) is 0 Å². The number of ether oxygens (including phenoxy) is 3. The highest BCUT2D eigenvalue weighted by atomic mass is 16.6. The van der Waals surface area contributed by atoms with Crippen molar-refractivity contribution in [3.63, 3.8) is 0 Å². The Balaban J connectivity index is 3.56. The Bertz CT molecular complexity index is 278. The third-order valence-electron chi connectivity index (χ3n) is 1.83. The number of carbonyl (C=O) groups is 1. The quantitative estimate of drug-likeness (QED) is 0.512. The monoisotopic (exact) mass is 257 g/mol. The molecule has 18 heavy (non-hydrogen) atoms. The van der Waals surface area contributed by atoms with E-state index in [1.807, 2.05) is 20.8 Å². The second-order valence-electron chi connectivity index (χ2n) is 4.77. The second-order valence-corrected chi connectivity index (χ2v) is 4.77. The van der Waals surface area contributed by atoms with Crippen LogP contribution in [0.4, 0.5) is 4.79 Å². The lowest BCUT2D eigenvalue weighted by Crippen LogP contribution is -2.36. The van der Waals surface area contributed by atoms with E-state index in [0.717, 1.165) is 0 Å². The standard InChI is InChI=1S/C13H23NO4/c1-6-8-16-10-11-17-9-7-14(5)12(15)18-13(2,3)4/h1H,7-11H2,2-5H3. The lowest BCUT2D eigenvalue weighted by Gasteiger charge is -2.24. The minimum absolute atomic E-state index is 0.293. The summed E-state index contributed by atoms with van der Waals surface area (Å²) in [4.78, 5) is 13.0. The molecule has 0 aromatic carbocycles. The van der Waals surface area contributed by atoms with Crippen LogP contribution in [0.1, 0.15) is 20.8 Å². The fraction of sp³-hybridized carbons (Fsp3) is 0.769. The zero-order chi connectivity index (χ0) is 14.0. The third-order valence-corrected chi connectivity index (χ3v) is 1.83. The predicted molar refractivity (Wildman–Crippen MR) is 69.3 cm³/mol. The molecule has 0 N–H and O–H groups in total. The highest BCUT2D eigenvalue weighted by Gasteiger charge is 2.19. The van der Waals surface area contributed by atoms with Crippen LogP contribution < -0.4 is 0 Å². The number of hydrogen-bond acceptors (Lipinski definition) is 4. The normalized spacial score (nSPS) is 10.8. The van der Waals surface area contributed by atoms with Gasteiger partial charge in [-0.1, -0.05) is 5.92 Å². The summed E-state index contributed by atoms with van der Waals surface area (Å²) in [5.74, 6) is 2.37. The fourth-order valence-electron chi connectivity index (χ4n) is 0.984. The van der Waals surface area contributed by atoms with Crippen molar-refractivity contribution in [3.05, 3.63) is 0 Å². The molecule has 0 aromatic heterocycles. The SMILES string of the molecule is C#CCOCCOCCN(C)C(=O)OC(C)(C)C. The number of hydrogen-bond donors (Lipinski definition) is 0. The molecule has 0 saturated heterocycles. The second kappa shape index (κ2) is 8.78. The molecule has 104 valence electrons. The molecule has 5 heteroatoms. The average Bonchev–Trinajstić information content (AvgIpc) is 2.25. The van der Waals surface area contributed by atoms with Crippen molar-refractivity contribution in [2.45, 2.75) is 26.4 Å². The first-order valence-electron chi connectivity index (χ1n) is 5.90. The molecule has 0 heterocycles. The van der Waals surface area contributed by atoms with Crippen molar-refractivity contribution in [1.29, 1.82) is 0 Å². The molecule has 0 unspecified atom stereocenters. The van der Waals surface area contributed by atoms with Gasteiger partial charge in [-0.05, 0) is 20.8 Å². The molecular formula is C13H23NO4. The van der Waals surface area contributed by atoms with Crippen LogP contribution in [0.2, 0.25) is 0 Å². The molecule has 0 spiro atoms. The largest absolute Gasteiger partial charge is 0.444 e. The summed E-state index contributed by atoms with van der Waals surface area (Å²) in [5.41, 5.74) is -0.477. The van der Waals surface area contributed by atoms with Gasteiger partial charge in [0.25, 0.3) is 0 Å². The molecule has 0 saturated carbocycles. The number of rotatable bonds is 7. The summed E-state index contributed by atoms with van der Waals surface area (Å²) in [6.45, 7) is 7.62. The Labute approximate surface area is 109 Å². The molecule has 0 aliphatic carbocycles. The Kier molecular flexibility index (Phi) is 8.17. The molecule has 0 bridgehead atoms. The molecule has 0 aliphatic heterocycles. The first kappa shape index (κ1) is 16.8. The van der Waals surface area contributed by atoms with E-state index in [1.165, 1.54) is 4.90 Å². The lowest BCUT2D eigenvalue weighted by atomic mass is 10.2. The number of amides is 1. The van der Waals surface area contributed by atoms with Gasteiger partial charge in [0.05, 0.1) is 19.8 Å². The van der Waals surface area contributed by atoms with Crippen LogP contribution in [0.15, 0.2) is 0 Å². The molecule has 0 radical (unpaired) electrons. The lowest BCUT2D eigenvalue weighted by molar-refractivity contribution is 0.0180. The van der Waals surface area contributed by atoms with E-state index in [0.29, 0.717) is 33.0 Å². The summed E-state index contributed by atoms with van der Waals surface area (Å²) in [7, 11) is 1.67. The van der Waals surface area contributed by atoms with E-state index < -0.39 is 5.60 Å². The van der Waals surface area contributed by atoms with Crippen molar-refractivity contribution in [2.75, 3.05) is 40.0 Å². The van der Waals surface area contributed by atoms with Gasteiger partial charge < -0.3 is 19.1 Å². The van der Waals surface area contributed by atoms with Gasteiger partial charge in [0, 0.05) is 13.6 Å². The minimum atomic E-state index is -0.477. The van der Waals surface area contributed by atoms with E-state index in [-0.39, 0.29) is 6.09 Å². The first-order valence-corrected chi connectivity index (χ1v) is 5.90. The zero-order valence-electron chi connectivity index (χ0n) is 11.7. The maximum absolute atomic E-state index is 11.6. The molecule has 0 aromatic rings. The van der Waals surface area contributed by atoms with Crippen LogP contribution in [-0.4, -0.2) is 56.6 Å². The molecule has 0 atom stereocenters. The average molecular weight is 257 g/mol. The summed E-state index contributed by atoms with van der Waals surface area (Å²) in [5, 5.41) is 0. The Morgan fingerprint density at radius 3 is 2.39 bits per heavy atom. The summed E-state index contributed by atoms with van der Waals surface area (Å²) in [6.07, 6.45) is 4.67. The fourth-order valence-corrected chi connectivity index (χ4v) is 0.984. The van der Waals surface area contributed by atoms with Crippen LogP contribution in [0.5, 0.6) is 0 Å². The maximum Gasteiger partial charge on any atom is 0.410 e.